The number of nitrogens with zero attached hydrogens (tertiary/aromatic N) is 4. The van der Waals surface area contributed by atoms with Gasteiger partial charge in [0.25, 0.3) is 0 Å². The van der Waals surface area contributed by atoms with Crippen molar-refractivity contribution in [3.63, 3.8) is 0 Å². The topological polar surface area (TPSA) is 112 Å². The number of hydrogen-bond donors (Lipinski definition) is 2. The molecule has 3 aromatic rings. The molecule has 2 heterocycles. The summed E-state index contributed by atoms with van der Waals surface area (Å²) in [6.07, 6.45) is 0.295. The molecule has 0 aliphatic heterocycles. The van der Waals surface area contributed by atoms with E-state index in [0.717, 1.165) is 11.1 Å². The van der Waals surface area contributed by atoms with Crippen molar-refractivity contribution in [1.29, 1.82) is 0 Å². The molecule has 0 spiro atoms. The van der Waals surface area contributed by atoms with Gasteiger partial charge in [0.2, 0.25) is 11.1 Å². The van der Waals surface area contributed by atoms with Crippen LogP contribution in [-0.4, -0.2) is 31.7 Å². The second-order valence-electron chi connectivity index (χ2n) is 5.51. The summed E-state index contributed by atoms with van der Waals surface area (Å²) in [5.41, 5.74) is 2.06. The zero-order valence-corrected chi connectivity index (χ0v) is 14.7. The number of carbonyl (C=O) groups excluding carboxylic acids is 1. The van der Waals surface area contributed by atoms with Gasteiger partial charge in [0, 0.05) is 23.8 Å². The quantitative estimate of drug-likeness (QED) is 0.514. The van der Waals surface area contributed by atoms with Crippen molar-refractivity contribution < 1.29 is 9.32 Å². The minimum Gasteiger partial charge on any atom is -0.360 e. The number of hydrogen-bond acceptors (Lipinski definition) is 7. The first kappa shape index (κ1) is 17.0. The molecule has 130 valence electrons. The highest BCUT2D eigenvalue weighted by molar-refractivity contribution is 7.99. The Morgan fingerprint density at radius 1 is 1.28 bits per heavy atom. The highest BCUT2D eigenvalue weighted by Crippen LogP contribution is 2.22. The lowest BCUT2D eigenvalue weighted by Gasteiger charge is -2.04. The second-order valence-corrected chi connectivity index (χ2v) is 6.57. The Labute approximate surface area is 148 Å². The lowest BCUT2D eigenvalue weighted by Crippen LogP contribution is -2.14. The van der Waals surface area contributed by atoms with E-state index in [-0.39, 0.29) is 5.91 Å². The number of aromatic nitrogens is 4. The molecule has 2 aromatic heterocycles. The summed E-state index contributed by atoms with van der Waals surface area (Å²) in [5.74, 6) is 8.08. The Kier molecular flexibility index (Phi) is 5.03. The van der Waals surface area contributed by atoms with E-state index >= 15 is 0 Å². The van der Waals surface area contributed by atoms with Gasteiger partial charge in [-0.25, -0.2) is 4.68 Å². The van der Waals surface area contributed by atoms with Crippen LogP contribution in [0.1, 0.15) is 17.7 Å². The van der Waals surface area contributed by atoms with Gasteiger partial charge in [-0.3, -0.25) is 4.79 Å². The summed E-state index contributed by atoms with van der Waals surface area (Å²) in [4.78, 5) is 11.9. The SMILES string of the molecule is Cc1ccc(-c2nnc(SCCC(=O)Nc3cc(C)on3)n2N)cc1. The van der Waals surface area contributed by atoms with E-state index < -0.39 is 0 Å². The third-order valence-electron chi connectivity index (χ3n) is 3.43. The van der Waals surface area contributed by atoms with Crippen molar-refractivity contribution in [3.8, 4) is 11.4 Å². The van der Waals surface area contributed by atoms with Gasteiger partial charge in [0.05, 0.1) is 0 Å². The number of nitrogens with one attached hydrogen (secondary N) is 1. The molecule has 0 radical (unpaired) electrons. The molecular weight excluding hydrogens is 340 g/mol. The van der Waals surface area contributed by atoms with Crippen LogP contribution in [0, 0.1) is 13.8 Å². The van der Waals surface area contributed by atoms with Gasteiger partial charge in [-0.2, -0.15) is 0 Å². The molecule has 0 atom stereocenters. The molecule has 25 heavy (non-hydrogen) atoms. The van der Waals surface area contributed by atoms with Crippen LogP contribution in [0.25, 0.3) is 11.4 Å². The van der Waals surface area contributed by atoms with Crippen molar-refractivity contribution in [2.24, 2.45) is 0 Å². The van der Waals surface area contributed by atoms with E-state index in [4.69, 9.17) is 10.4 Å². The van der Waals surface area contributed by atoms with Gasteiger partial charge in [-0.15, -0.1) is 10.2 Å². The Bertz CT molecular complexity index is 871. The first-order valence-electron chi connectivity index (χ1n) is 7.66. The van der Waals surface area contributed by atoms with Gasteiger partial charge >= 0.3 is 0 Å². The summed E-state index contributed by atoms with van der Waals surface area (Å²) in [7, 11) is 0. The number of rotatable bonds is 6. The molecule has 0 aliphatic carbocycles. The van der Waals surface area contributed by atoms with Gasteiger partial charge in [-0.05, 0) is 13.8 Å². The summed E-state index contributed by atoms with van der Waals surface area (Å²) in [6.45, 7) is 3.78. The zero-order valence-electron chi connectivity index (χ0n) is 13.9. The fraction of sp³-hybridized carbons (Fsp3) is 0.250. The van der Waals surface area contributed by atoms with Crippen molar-refractivity contribution in [2.75, 3.05) is 16.9 Å². The van der Waals surface area contributed by atoms with E-state index in [2.05, 4.69) is 20.7 Å². The molecule has 3 rings (SSSR count). The monoisotopic (exact) mass is 358 g/mol. The molecule has 3 N–H and O–H groups in total. The average Bonchev–Trinajstić information content (AvgIpc) is 3.15. The Morgan fingerprint density at radius 3 is 2.72 bits per heavy atom. The standard InChI is InChI=1S/C16H18N6O2S/c1-10-3-5-12(6-4-10)15-19-20-16(22(15)17)25-8-7-14(23)18-13-9-11(2)24-21-13/h3-6,9H,7-8,17H2,1-2H3,(H,18,21,23). The van der Waals surface area contributed by atoms with Gasteiger partial charge < -0.3 is 15.7 Å². The van der Waals surface area contributed by atoms with Gasteiger partial charge in [0.15, 0.2) is 11.6 Å². The number of amides is 1. The van der Waals surface area contributed by atoms with Gasteiger partial charge in [-0.1, -0.05) is 46.7 Å². The Hall–Kier alpha value is -2.81. The molecule has 0 fully saturated rings. The molecule has 0 bridgehead atoms. The van der Waals surface area contributed by atoms with Crippen molar-refractivity contribution in [2.45, 2.75) is 25.4 Å². The van der Waals surface area contributed by atoms with Crippen LogP contribution in [0.3, 0.4) is 0 Å². The number of benzene rings is 1. The van der Waals surface area contributed by atoms with E-state index in [0.29, 0.717) is 34.7 Å². The van der Waals surface area contributed by atoms with Crippen LogP contribution in [0.2, 0.25) is 0 Å². The number of nitrogen functional groups attached to an aromatic ring is 1. The van der Waals surface area contributed by atoms with Crippen LogP contribution >= 0.6 is 11.8 Å². The number of aryl methyl sites for hydroxylation is 2. The second kappa shape index (κ2) is 7.39. The minimum atomic E-state index is -0.150. The Morgan fingerprint density at radius 2 is 2.04 bits per heavy atom. The van der Waals surface area contributed by atoms with Gasteiger partial charge in [0.1, 0.15) is 5.76 Å². The summed E-state index contributed by atoms with van der Waals surface area (Å²) >= 11 is 1.37. The largest absolute Gasteiger partial charge is 0.360 e. The van der Waals surface area contributed by atoms with E-state index in [9.17, 15) is 4.79 Å². The van der Waals surface area contributed by atoms with E-state index in [1.54, 1.807) is 13.0 Å². The summed E-state index contributed by atoms with van der Waals surface area (Å²) in [6, 6.07) is 9.55. The normalized spacial score (nSPS) is 10.8. The van der Waals surface area contributed by atoms with Crippen LogP contribution in [0.5, 0.6) is 0 Å². The molecule has 8 nitrogen and oxygen atoms in total. The third kappa shape index (κ3) is 4.18. The molecule has 1 amide bonds. The van der Waals surface area contributed by atoms with Crippen LogP contribution in [0.4, 0.5) is 5.82 Å². The van der Waals surface area contributed by atoms with Crippen LogP contribution in [0.15, 0.2) is 40.0 Å². The molecule has 9 heteroatoms. The molecule has 0 saturated heterocycles. The number of carbonyl (C=O) groups is 1. The number of nitrogens with two attached hydrogens (primary N) is 1. The number of thioether (sulfide) groups is 1. The lowest BCUT2D eigenvalue weighted by molar-refractivity contribution is -0.115. The molecule has 0 aliphatic rings. The number of anilines is 1. The maximum absolute atomic E-state index is 11.9. The Balaban J connectivity index is 1.55. The molecule has 1 aromatic carbocycles. The van der Waals surface area contributed by atoms with Crippen molar-refractivity contribution >= 4 is 23.5 Å². The van der Waals surface area contributed by atoms with Crippen LogP contribution < -0.4 is 11.2 Å². The maximum atomic E-state index is 11.9. The van der Waals surface area contributed by atoms with E-state index in [1.165, 1.54) is 16.4 Å². The fourth-order valence-corrected chi connectivity index (χ4v) is 2.93. The fourth-order valence-electron chi connectivity index (χ4n) is 2.14. The first-order chi connectivity index (χ1) is 12.0. The average molecular weight is 358 g/mol. The maximum Gasteiger partial charge on any atom is 0.226 e. The third-order valence-corrected chi connectivity index (χ3v) is 4.37. The lowest BCUT2D eigenvalue weighted by atomic mass is 10.1. The molecule has 0 unspecified atom stereocenters. The smallest absolute Gasteiger partial charge is 0.226 e. The molecular formula is C16H18N6O2S. The first-order valence-corrected chi connectivity index (χ1v) is 8.65. The zero-order chi connectivity index (χ0) is 17.8. The predicted octanol–water partition coefficient (Wildman–Crippen LogP) is 2.38. The van der Waals surface area contributed by atoms with Crippen LogP contribution in [-0.2, 0) is 4.79 Å². The predicted molar refractivity (Wildman–Crippen MR) is 95.6 cm³/mol. The van der Waals surface area contributed by atoms with Crippen molar-refractivity contribution in [1.82, 2.24) is 20.0 Å². The molecule has 0 saturated carbocycles. The highest BCUT2D eigenvalue weighted by atomic mass is 32.2. The van der Waals surface area contributed by atoms with E-state index in [1.807, 2.05) is 31.2 Å². The summed E-state index contributed by atoms with van der Waals surface area (Å²) in [5, 5.41) is 15.2. The highest BCUT2D eigenvalue weighted by Gasteiger charge is 2.13. The summed E-state index contributed by atoms with van der Waals surface area (Å²) < 4.78 is 6.34. The minimum absolute atomic E-state index is 0.150. The van der Waals surface area contributed by atoms with Crippen molar-refractivity contribution in [3.05, 3.63) is 41.7 Å².